The second-order valence-electron chi connectivity index (χ2n) is 8.61. The van der Waals surface area contributed by atoms with Crippen molar-refractivity contribution in [3.05, 3.63) is 53.8 Å². The summed E-state index contributed by atoms with van der Waals surface area (Å²) in [5.41, 5.74) is 0.134. The van der Waals surface area contributed by atoms with E-state index in [0.29, 0.717) is 19.0 Å². The Kier molecular flexibility index (Phi) is 9.39. The third-order valence-electron chi connectivity index (χ3n) is 6.19. The first-order chi connectivity index (χ1) is 15.6. The van der Waals surface area contributed by atoms with Crippen LogP contribution in [0.15, 0.2) is 42.5 Å². The van der Waals surface area contributed by atoms with Crippen LogP contribution in [0.1, 0.15) is 75.6 Å². The molecule has 0 aromatic heterocycles. The van der Waals surface area contributed by atoms with Crippen LogP contribution in [0.25, 0.3) is 0 Å². The maximum absolute atomic E-state index is 14.0. The van der Waals surface area contributed by atoms with Crippen LogP contribution in [0, 0.1) is 17.7 Å². The van der Waals surface area contributed by atoms with Crippen LogP contribution in [-0.4, -0.2) is 19.2 Å². The van der Waals surface area contributed by atoms with E-state index in [1.807, 2.05) is 0 Å². The molecule has 0 N–H and O–H groups in total. The van der Waals surface area contributed by atoms with Gasteiger partial charge in [-0.1, -0.05) is 45.4 Å². The van der Waals surface area contributed by atoms with Crippen molar-refractivity contribution >= 4 is 5.97 Å². The van der Waals surface area contributed by atoms with Crippen molar-refractivity contribution < 1.29 is 23.4 Å². The maximum Gasteiger partial charge on any atom is 0.343 e. The standard InChI is InChI=1S/C27H35FO4/c1-3-6-20-8-10-21(11-9-20)7-5-18-31-23-13-15-24(16-14-23)32-27(29)22-12-17-26(30-4-2)25(28)19-22/h12-17,19-21H,3-11,18H2,1-2H3. The van der Waals surface area contributed by atoms with Gasteiger partial charge < -0.3 is 14.2 Å². The van der Waals surface area contributed by atoms with E-state index in [1.165, 1.54) is 57.1 Å². The molecule has 0 amide bonds. The fourth-order valence-corrected chi connectivity index (χ4v) is 4.45. The van der Waals surface area contributed by atoms with E-state index in [4.69, 9.17) is 14.2 Å². The highest BCUT2D eigenvalue weighted by molar-refractivity contribution is 5.91. The Bertz CT molecular complexity index is 841. The molecule has 0 aliphatic heterocycles. The quantitative estimate of drug-likeness (QED) is 0.209. The summed E-state index contributed by atoms with van der Waals surface area (Å²) in [5, 5.41) is 0. The fraction of sp³-hybridized carbons (Fsp3) is 0.519. The SMILES string of the molecule is CCCC1CCC(CCCOc2ccc(OC(=O)c3ccc(OCC)c(F)c3)cc2)CC1. The molecule has 0 atom stereocenters. The van der Waals surface area contributed by atoms with Crippen molar-refractivity contribution in [2.24, 2.45) is 11.8 Å². The zero-order valence-corrected chi connectivity index (χ0v) is 19.3. The van der Waals surface area contributed by atoms with Crippen molar-refractivity contribution in [2.45, 2.75) is 65.2 Å². The van der Waals surface area contributed by atoms with Crippen molar-refractivity contribution in [1.29, 1.82) is 0 Å². The lowest BCUT2D eigenvalue weighted by Crippen LogP contribution is -2.15. The average molecular weight is 443 g/mol. The van der Waals surface area contributed by atoms with Gasteiger partial charge in [0, 0.05) is 0 Å². The maximum atomic E-state index is 14.0. The molecule has 1 aliphatic carbocycles. The van der Waals surface area contributed by atoms with Crippen molar-refractivity contribution in [2.75, 3.05) is 13.2 Å². The van der Waals surface area contributed by atoms with Crippen LogP contribution >= 0.6 is 0 Å². The summed E-state index contributed by atoms with van der Waals surface area (Å²) in [5.74, 6) is 1.86. The molecular formula is C27H35FO4. The van der Waals surface area contributed by atoms with Crippen molar-refractivity contribution in [1.82, 2.24) is 0 Å². The Labute approximate surface area is 191 Å². The van der Waals surface area contributed by atoms with Gasteiger partial charge in [-0.2, -0.15) is 0 Å². The predicted molar refractivity (Wildman–Crippen MR) is 124 cm³/mol. The summed E-state index contributed by atoms with van der Waals surface area (Å²) in [7, 11) is 0. The van der Waals surface area contributed by atoms with Gasteiger partial charge >= 0.3 is 5.97 Å². The third-order valence-corrected chi connectivity index (χ3v) is 6.19. The molecule has 0 saturated heterocycles. The van der Waals surface area contributed by atoms with E-state index in [0.717, 1.165) is 30.1 Å². The van der Waals surface area contributed by atoms with Crippen LogP contribution < -0.4 is 14.2 Å². The van der Waals surface area contributed by atoms with E-state index < -0.39 is 11.8 Å². The predicted octanol–water partition coefficient (Wildman–Crippen LogP) is 7.21. The molecule has 3 rings (SSSR count). The molecule has 0 heterocycles. The van der Waals surface area contributed by atoms with Crippen molar-refractivity contribution in [3.63, 3.8) is 0 Å². The highest BCUT2D eigenvalue weighted by Crippen LogP contribution is 2.33. The highest BCUT2D eigenvalue weighted by atomic mass is 19.1. The number of esters is 1. The molecule has 0 radical (unpaired) electrons. The van der Waals surface area contributed by atoms with Crippen molar-refractivity contribution in [3.8, 4) is 17.2 Å². The van der Waals surface area contributed by atoms with Gasteiger partial charge in [0.05, 0.1) is 18.8 Å². The van der Waals surface area contributed by atoms with Crippen LogP contribution in [-0.2, 0) is 0 Å². The molecule has 2 aromatic rings. The molecule has 0 unspecified atom stereocenters. The normalized spacial score (nSPS) is 18.2. The zero-order chi connectivity index (χ0) is 22.8. The number of carbonyl (C=O) groups is 1. The van der Waals surface area contributed by atoms with E-state index in [1.54, 1.807) is 31.2 Å². The van der Waals surface area contributed by atoms with Crippen LogP contribution in [0.5, 0.6) is 17.2 Å². The lowest BCUT2D eigenvalue weighted by atomic mass is 9.78. The first-order valence-electron chi connectivity index (χ1n) is 12.0. The summed E-state index contributed by atoms with van der Waals surface area (Å²) in [6.07, 6.45) is 10.5. The molecule has 0 spiro atoms. The molecule has 1 aliphatic rings. The van der Waals surface area contributed by atoms with Crippen LogP contribution in [0.4, 0.5) is 4.39 Å². The summed E-state index contributed by atoms with van der Waals surface area (Å²) in [4.78, 5) is 12.3. The minimum atomic E-state index is -0.616. The number of hydrogen-bond acceptors (Lipinski definition) is 4. The second kappa shape index (κ2) is 12.5. The van der Waals surface area contributed by atoms with E-state index >= 15 is 0 Å². The third kappa shape index (κ3) is 7.25. The average Bonchev–Trinajstić information content (AvgIpc) is 2.80. The highest BCUT2D eigenvalue weighted by Gasteiger charge is 2.20. The van der Waals surface area contributed by atoms with E-state index in [9.17, 15) is 9.18 Å². The Hall–Kier alpha value is -2.56. The number of halogens is 1. The molecule has 4 nitrogen and oxygen atoms in total. The number of rotatable bonds is 11. The summed E-state index contributed by atoms with van der Waals surface area (Å²) >= 11 is 0. The lowest BCUT2D eigenvalue weighted by Gasteiger charge is -2.28. The van der Waals surface area contributed by atoms with Gasteiger partial charge in [0.15, 0.2) is 11.6 Å². The van der Waals surface area contributed by atoms with Gasteiger partial charge in [0.2, 0.25) is 0 Å². The Balaban J connectivity index is 1.38. The molecule has 1 fully saturated rings. The topological polar surface area (TPSA) is 44.8 Å². The van der Waals surface area contributed by atoms with Gasteiger partial charge in [-0.05, 0) is 74.1 Å². The monoisotopic (exact) mass is 442 g/mol. The molecule has 174 valence electrons. The van der Waals surface area contributed by atoms with Crippen LogP contribution in [0.2, 0.25) is 0 Å². The lowest BCUT2D eigenvalue weighted by molar-refractivity contribution is 0.0734. The number of carbonyl (C=O) groups excluding carboxylic acids is 1. The summed E-state index contributed by atoms with van der Waals surface area (Å²) in [6, 6.07) is 11.0. The summed E-state index contributed by atoms with van der Waals surface area (Å²) in [6.45, 7) is 5.10. The largest absolute Gasteiger partial charge is 0.494 e. The smallest absolute Gasteiger partial charge is 0.343 e. The Morgan fingerprint density at radius 1 is 0.906 bits per heavy atom. The number of hydrogen-bond donors (Lipinski definition) is 0. The number of ether oxygens (including phenoxy) is 3. The van der Waals surface area contributed by atoms with E-state index in [2.05, 4.69) is 6.92 Å². The molecule has 0 bridgehead atoms. The van der Waals surface area contributed by atoms with Gasteiger partial charge in [-0.25, -0.2) is 9.18 Å². The molecule has 1 saturated carbocycles. The Morgan fingerprint density at radius 2 is 1.56 bits per heavy atom. The number of benzene rings is 2. The first-order valence-corrected chi connectivity index (χ1v) is 12.0. The van der Waals surface area contributed by atoms with E-state index in [-0.39, 0.29) is 11.3 Å². The second-order valence-corrected chi connectivity index (χ2v) is 8.61. The summed E-state index contributed by atoms with van der Waals surface area (Å²) < 4.78 is 30.3. The molecular weight excluding hydrogens is 407 g/mol. The minimum absolute atomic E-state index is 0.120. The van der Waals surface area contributed by atoms with Gasteiger partial charge in [0.25, 0.3) is 0 Å². The molecule has 2 aromatic carbocycles. The Morgan fingerprint density at radius 3 is 2.19 bits per heavy atom. The zero-order valence-electron chi connectivity index (χ0n) is 19.3. The van der Waals surface area contributed by atoms with Gasteiger partial charge in [-0.15, -0.1) is 0 Å². The first kappa shape index (κ1) is 24.1. The van der Waals surface area contributed by atoms with Crippen LogP contribution in [0.3, 0.4) is 0 Å². The molecule has 32 heavy (non-hydrogen) atoms. The minimum Gasteiger partial charge on any atom is -0.494 e. The molecule has 5 heteroatoms. The van der Waals surface area contributed by atoms with Gasteiger partial charge in [0.1, 0.15) is 11.5 Å². The fourth-order valence-electron chi connectivity index (χ4n) is 4.45. The van der Waals surface area contributed by atoms with Gasteiger partial charge in [-0.3, -0.25) is 0 Å².